The highest BCUT2D eigenvalue weighted by Crippen LogP contribution is 2.50. The number of nitrogens with zero attached hydrogens (tertiary/aromatic N) is 5. The van der Waals surface area contributed by atoms with Crippen molar-refractivity contribution >= 4 is 34.4 Å². The van der Waals surface area contributed by atoms with Crippen LogP contribution in [0, 0.1) is 0 Å². The molecule has 42 heavy (non-hydrogen) atoms. The van der Waals surface area contributed by atoms with Gasteiger partial charge in [-0.1, -0.05) is 18.5 Å². The largest absolute Gasteiger partial charge is 0.481 e. The van der Waals surface area contributed by atoms with E-state index in [1.165, 1.54) is 18.1 Å². The number of carbonyl (C=O) groups is 1. The van der Waals surface area contributed by atoms with Crippen LogP contribution in [-0.2, 0) is 22.9 Å². The highest BCUT2D eigenvalue weighted by atomic mass is 35.5. The molecule has 1 spiro atoms. The fourth-order valence-corrected chi connectivity index (χ4v) is 6.55. The van der Waals surface area contributed by atoms with Crippen LogP contribution in [0.2, 0.25) is 5.02 Å². The van der Waals surface area contributed by atoms with Gasteiger partial charge in [0.1, 0.15) is 6.54 Å². The number of anilines is 1. The smallest absolute Gasteiger partial charge is 0.416 e. The normalized spacial score (nSPS) is 17.9. The Kier molecular flexibility index (Phi) is 6.97. The molecular weight excluding hydrogens is 575 g/mol. The lowest BCUT2D eigenvalue weighted by Crippen LogP contribution is -2.41. The summed E-state index contributed by atoms with van der Waals surface area (Å²) in [6, 6.07) is 6.03. The van der Waals surface area contributed by atoms with Gasteiger partial charge >= 0.3 is 6.18 Å². The maximum absolute atomic E-state index is 14.1. The Morgan fingerprint density at radius 1 is 1.21 bits per heavy atom. The van der Waals surface area contributed by atoms with Gasteiger partial charge in [0, 0.05) is 28.9 Å². The molecule has 0 unspecified atom stereocenters. The first-order valence-corrected chi connectivity index (χ1v) is 13.8. The summed E-state index contributed by atoms with van der Waals surface area (Å²) in [5, 5.41) is 14.9. The van der Waals surface area contributed by atoms with Crippen molar-refractivity contribution in [3.05, 3.63) is 68.6 Å². The van der Waals surface area contributed by atoms with Gasteiger partial charge in [-0.05, 0) is 62.5 Å². The molecule has 1 amide bonds. The molecule has 0 bridgehead atoms. The van der Waals surface area contributed by atoms with Crippen LogP contribution in [0.25, 0.3) is 16.9 Å². The number of aromatic nitrogens is 5. The Bertz CT molecular complexity index is 1760. The molecule has 10 nitrogen and oxygen atoms in total. The van der Waals surface area contributed by atoms with Crippen LogP contribution in [-0.4, -0.2) is 50.7 Å². The minimum atomic E-state index is -4.57. The molecule has 2 aliphatic rings. The number of alkyl halides is 3. The second-order valence-electron chi connectivity index (χ2n) is 10.8. The van der Waals surface area contributed by atoms with Crippen LogP contribution in [0.3, 0.4) is 0 Å². The van der Waals surface area contributed by atoms with Gasteiger partial charge in [-0.15, -0.1) is 15.0 Å². The maximum Gasteiger partial charge on any atom is 0.416 e. The standard InChI is InChI=1S/C28H27ClF3N7O3/c1-15-13-27(6-9-33-10-7-27)22-24(15)38(14-20(40)35-19-4-3-16(11-18(19)29)28(30,31)32)26-23(25(22)41)36-39(37-26)17-5-8-34-21(12-17)42-2/h3-5,8,11-12,15,33H,6-7,9-10,13-14H2,1-2H3,(H,35,40)/t15-/m0/s1. The lowest BCUT2D eigenvalue weighted by molar-refractivity contribution is -0.137. The van der Waals surface area contributed by atoms with E-state index >= 15 is 0 Å². The molecule has 0 radical (unpaired) electrons. The van der Waals surface area contributed by atoms with Crippen molar-refractivity contribution in [1.29, 1.82) is 0 Å². The van der Waals surface area contributed by atoms with E-state index < -0.39 is 17.6 Å². The number of amides is 1. The highest BCUT2D eigenvalue weighted by molar-refractivity contribution is 6.33. The van der Waals surface area contributed by atoms with E-state index in [0.717, 1.165) is 56.2 Å². The van der Waals surface area contributed by atoms with Gasteiger partial charge in [-0.2, -0.15) is 13.2 Å². The zero-order valence-electron chi connectivity index (χ0n) is 22.8. The summed E-state index contributed by atoms with van der Waals surface area (Å²) in [5.41, 5.74) is 0.791. The fraction of sp³-hybridized carbons (Fsp3) is 0.393. The lowest BCUT2D eigenvalue weighted by atomic mass is 9.74. The quantitative estimate of drug-likeness (QED) is 0.348. The third-order valence-corrected chi connectivity index (χ3v) is 8.44. The summed E-state index contributed by atoms with van der Waals surface area (Å²) >= 11 is 6.10. The number of piperidine rings is 1. The maximum atomic E-state index is 14.1. The number of pyridine rings is 2. The topological polar surface area (TPSA) is 116 Å². The molecule has 6 rings (SSSR count). The Hall–Kier alpha value is -3.97. The predicted molar refractivity (Wildman–Crippen MR) is 149 cm³/mol. The summed E-state index contributed by atoms with van der Waals surface area (Å²) in [6.07, 6.45) is -0.747. The van der Waals surface area contributed by atoms with E-state index in [0.29, 0.717) is 17.1 Å². The number of benzene rings is 1. The molecule has 14 heteroatoms. The third-order valence-electron chi connectivity index (χ3n) is 8.13. The van der Waals surface area contributed by atoms with Crippen LogP contribution in [0.15, 0.2) is 41.3 Å². The van der Waals surface area contributed by atoms with Gasteiger partial charge < -0.3 is 19.9 Å². The van der Waals surface area contributed by atoms with Gasteiger partial charge in [0.2, 0.25) is 17.2 Å². The first kappa shape index (κ1) is 28.2. The van der Waals surface area contributed by atoms with Crippen molar-refractivity contribution in [2.75, 3.05) is 25.5 Å². The van der Waals surface area contributed by atoms with Gasteiger partial charge in [0.25, 0.3) is 0 Å². The molecule has 1 aromatic carbocycles. The third kappa shape index (κ3) is 4.79. The molecule has 1 aliphatic heterocycles. The summed E-state index contributed by atoms with van der Waals surface area (Å²) in [5.74, 6) is -0.257. The highest BCUT2D eigenvalue weighted by Gasteiger charge is 2.47. The van der Waals surface area contributed by atoms with Crippen molar-refractivity contribution in [2.24, 2.45) is 0 Å². The number of hydrogen-bond acceptors (Lipinski definition) is 7. The lowest BCUT2D eigenvalue weighted by Gasteiger charge is -2.34. The molecular formula is C28H27ClF3N7O3. The van der Waals surface area contributed by atoms with E-state index in [2.05, 4.69) is 25.8 Å². The van der Waals surface area contributed by atoms with E-state index in [-0.39, 0.29) is 45.2 Å². The number of halogens is 4. The molecule has 1 fully saturated rings. The summed E-state index contributed by atoms with van der Waals surface area (Å²) in [7, 11) is 1.48. The van der Waals surface area contributed by atoms with Gasteiger partial charge in [0.05, 0.1) is 29.1 Å². The molecule has 4 aromatic rings. The number of carbonyl (C=O) groups excluding carboxylic acids is 1. The first-order valence-electron chi connectivity index (χ1n) is 13.4. The molecule has 4 heterocycles. The zero-order chi connectivity index (χ0) is 29.8. The monoisotopic (exact) mass is 601 g/mol. The molecule has 0 saturated carbocycles. The van der Waals surface area contributed by atoms with E-state index in [1.54, 1.807) is 16.7 Å². The first-order chi connectivity index (χ1) is 20.0. The molecule has 220 valence electrons. The van der Waals surface area contributed by atoms with Gasteiger partial charge in [0.15, 0.2) is 11.2 Å². The summed E-state index contributed by atoms with van der Waals surface area (Å²) < 4.78 is 46.3. The number of methoxy groups -OCH3 is 1. The van der Waals surface area contributed by atoms with Crippen molar-refractivity contribution in [3.63, 3.8) is 0 Å². The zero-order valence-corrected chi connectivity index (χ0v) is 23.5. The molecule has 1 atom stereocenters. The second kappa shape index (κ2) is 10.4. The van der Waals surface area contributed by atoms with Crippen molar-refractivity contribution < 1.29 is 22.7 Å². The number of hydrogen-bond donors (Lipinski definition) is 2. The van der Waals surface area contributed by atoms with E-state index in [9.17, 15) is 22.8 Å². The SMILES string of the molecule is COc1cc(-n2nc3c(=O)c4c(n(CC(=O)Nc5ccc(C(F)(F)F)cc5Cl)c3n2)[C@@H](C)CC42CCNCC2)ccn1. The number of nitrogens with one attached hydrogen (secondary N) is 2. The summed E-state index contributed by atoms with van der Waals surface area (Å²) in [6.45, 7) is 3.30. The molecule has 3 aromatic heterocycles. The van der Waals surface area contributed by atoms with Crippen LogP contribution >= 0.6 is 11.6 Å². The predicted octanol–water partition coefficient (Wildman–Crippen LogP) is 4.43. The van der Waals surface area contributed by atoms with Gasteiger partial charge in [-0.25, -0.2) is 4.98 Å². The number of fused-ring (bicyclic) bond motifs is 3. The van der Waals surface area contributed by atoms with Crippen molar-refractivity contribution in [1.82, 2.24) is 29.9 Å². The Balaban J connectivity index is 1.46. The summed E-state index contributed by atoms with van der Waals surface area (Å²) in [4.78, 5) is 32.9. The fourth-order valence-electron chi connectivity index (χ4n) is 6.32. The van der Waals surface area contributed by atoms with Crippen LogP contribution in [0.1, 0.15) is 48.9 Å². The average Bonchev–Trinajstić information content (AvgIpc) is 3.52. The number of ether oxygens (including phenoxy) is 1. The minimum Gasteiger partial charge on any atom is -0.481 e. The minimum absolute atomic E-state index is 0.0407. The Morgan fingerprint density at radius 3 is 2.67 bits per heavy atom. The molecule has 1 aliphatic carbocycles. The Morgan fingerprint density at radius 2 is 1.98 bits per heavy atom. The van der Waals surface area contributed by atoms with Gasteiger partial charge in [-0.3, -0.25) is 9.59 Å². The van der Waals surface area contributed by atoms with E-state index in [4.69, 9.17) is 16.3 Å². The molecule has 2 N–H and O–H groups in total. The second-order valence-corrected chi connectivity index (χ2v) is 11.2. The van der Waals surface area contributed by atoms with Crippen LogP contribution < -0.4 is 20.8 Å². The van der Waals surface area contributed by atoms with Crippen LogP contribution in [0.5, 0.6) is 5.88 Å². The molecule has 1 saturated heterocycles. The Labute approximate surface area is 242 Å². The van der Waals surface area contributed by atoms with Crippen molar-refractivity contribution in [3.8, 4) is 11.6 Å². The number of rotatable bonds is 5. The van der Waals surface area contributed by atoms with Crippen molar-refractivity contribution in [2.45, 2.75) is 50.2 Å². The van der Waals surface area contributed by atoms with Crippen LogP contribution in [0.4, 0.5) is 18.9 Å². The average molecular weight is 602 g/mol. The van der Waals surface area contributed by atoms with E-state index in [1.807, 2.05) is 6.92 Å².